The maximum atomic E-state index is 12.0. The monoisotopic (exact) mass is 337 g/mol. The molecule has 0 bridgehead atoms. The van der Waals surface area contributed by atoms with Gasteiger partial charge in [0.2, 0.25) is 11.8 Å². The first-order chi connectivity index (χ1) is 10.9. The standard InChI is InChI=1S/C14H19N5O3S/c1-9(13(21)18(2)3)23-14-17-16-12(10-5-4-8-22-10)19(14)7-6-11(15)20/h4-5,8-9H,6-7H2,1-3H3,(H2,15,20)/t9-/m0/s1. The van der Waals surface area contributed by atoms with E-state index in [-0.39, 0.29) is 17.6 Å². The summed E-state index contributed by atoms with van der Waals surface area (Å²) in [5.41, 5.74) is 5.23. The lowest BCUT2D eigenvalue weighted by molar-refractivity contribution is -0.127. The Hall–Kier alpha value is -2.29. The number of carbonyl (C=O) groups is 2. The first-order valence-corrected chi connectivity index (χ1v) is 7.91. The van der Waals surface area contributed by atoms with Gasteiger partial charge in [-0.1, -0.05) is 11.8 Å². The number of nitrogens with two attached hydrogens (primary N) is 1. The average Bonchev–Trinajstić information content (AvgIpc) is 3.13. The molecule has 0 aliphatic heterocycles. The van der Waals surface area contributed by atoms with Crippen LogP contribution < -0.4 is 5.73 Å². The van der Waals surface area contributed by atoms with Gasteiger partial charge in [-0.15, -0.1) is 10.2 Å². The smallest absolute Gasteiger partial charge is 0.235 e. The van der Waals surface area contributed by atoms with Gasteiger partial charge in [0.25, 0.3) is 0 Å². The van der Waals surface area contributed by atoms with Crippen molar-refractivity contribution in [3.63, 3.8) is 0 Å². The Balaban J connectivity index is 2.28. The molecular formula is C14H19N5O3S. The molecule has 0 saturated carbocycles. The molecule has 0 unspecified atom stereocenters. The molecule has 124 valence electrons. The minimum Gasteiger partial charge on any atom is -0.461 e. The fraction of sp³-hybridized carbons (Fsp3) is 0.429. The fourth-order valence-corrected chi connectivity index (χ4v) is 2.98. The molecule has 0 fully saturated rings. The molecule has 1 atom stereocenters. The minimum atomic E-state index is -0.419. The first-order valence-electron chi connectivity index (χ1n) is 7.03. The molecule has 0 saturated heterocycles. The highest BCUT2D eigenvalue weighted by Gasteiger charge is 2.22. The molecule has 2 amide bonds. The lowest BCUT2D eigenvalue weighted by Gasteiger charge is -2.16. The van der Waals surface area contributed by atoms with Gasteiger partial charge in [-0.3, -0.25) is 14.2 Å². The van der Waals surface area contributed by atoms with Crippen LogP contribution in [0, 0.1) is 0 Å². The zero-order valence-corrected chi connectivity index (χ0v) is 14.0. The van der Waals surface area contributed by atoms with E-state index < -0.39 is 5.91 Å². The number of thioether (sulfide) groups is 1. The number of nitrogens with zero attached hydrogens (tertiary/aromatic N) is 4. The molecule has 9 heteroatoms. The zero-order chi connectivity index (χ0) is 17.0. The Morgan fingerprint density at radius 3 is 2.74 bits per heavy atom. The second-order valence-electron chi connectivity index (χ2n) is 5.14. The van der Waals surface area contributed by atoms with Crippen LogP contribution in [0.15, 0.2) is 28.0 Å². The Bertz CT molecular complexity index is 681. The second-order valence-corrected chi connectivity index (χ2v) is 6.45. The number of amides is 2. The molecule has 2 aromatic heterocycles. The number of furan rings is 1. The molecule has 0 radical (unpaired) electrons. The number of rotatable bonds is 7. The van der Waals surface area contributed by atoms with Gasteiger partial charge >= 0.3 is 0 Å². The van der Waals surface area contributed by atoms with E-state index >= 15 is 0 Å². The van der Waals surface area contributed by atoms with Crippen LogP contribution in [-0.2, 0) is 16.1 Å². The predicted octanol–water partition coefficient (Wildman–Crippen LogP) is 0.982. The van der Waals surface area contributed by atoms with Crippen LogP contribution in [0.25, 0.3) is 11.6 Å². The highest BCUT2D eigenvalue weighted by Crippen LogP contribution is 2.27. The summed E-state index contributed by atoms with van der Waals surface area (Å²) in [5, 5.41) is 8.45. The molecule has 0 aromatic carbocycles. The van der Waals surface area contributed by atoms with Crippen LogP contribution in [0.1, 0.15) is 13.3 Å². The Morgan fingerprint density at radius 1 is 1.43 bits per heavy atom. The number of hydrogen-bond donors (Lipinski definition) is 1. The first kappa shape index (κ1) is 17.1. The van der Waals surface area contributed by atoms with Gasteiger partial charge in [0.05, 0.1) is 11.5 Å². The summed E-state index contributed by atoms with van der Waals surface area (Å²) in [4.78, 5) is 24.6. The molecule has 0 aliphatic rings. The van der Waals surface area contributed by atoms with Crippen LogP contribution in [0.2, 0.25) is 0 Å². The number of carbonyl (C=O) groups excluding carboxylic acids is 2. The van der Waals surface area contributed by atoms with Crippen molar-refractivity contribution in [3.8, 4) is 11.6 Å². The van der Waals surface area contributed by atoms with E-state index in [1.165, 1.54) is 22.9 Å². The zero-order valence-electron chi connectivity index (χ0n) is 13.2. The third-order valence-corrected chi connectivity index (χ3v) is 4.18. The fourth-order valence-electron chi connectivity index (χ4n) is 1.96. The van der Waals surface area contributed by atoms with Gasteiger partial charge < -0.3 is 15.1 Å². The predicted molar refractivity (Wildman–Crippen MR) is 85.5 cm³/mol. The SMILES string of the molecule is C[C@H](Sc1nnc(-c2ccco2)n1CCC(N)=O)C(=O)N(C)C. The lowest BCUT2D eigenvalue weighted by atomic mass is 10.3. The van der Waals surface area contributed by atoms with Crippen molar-refractivity contribution in [2.75, 3.05) is 14.1 Å². The quantitative estimate of drug-likeness (QED) is 0.755. The van der Waals surface area contributed by atoms with E-state index in [9.17, 15) is 9.59 Å². The third-order valence-electron chi connectivity index (χ3n) is 3.11. The molecule has 2 aromatic rings. The largest absolute Gasteiger partial charge is 0.461 e. The lowest BCUT2D eigenvalue weighted by Crippen LogP contribution is -2.30. The topological polar surface area (TPSA) is 107 Å². The number of aromatic nitrogens is 3. The molecular weight excluding hydrogens is 318 g/mol. The van der Waals surface area contributed by atoms with Crippen LogP contribution in [0.3, 0.4) is 0 Å². The van der Waals surface area contributed by atoms with Crippen LogP contribution in [0.4, 0.5) is 0 Å². The van der Waals surface area contributed by atoms with Gasteiger partial charge in [0.1, 0.15) is 0 Å². The third kappa shape index (κ3) is 4.13. The summed E-state index contributed by atoms with van der Waals surface area (Å²) in [6.45, 7) is 2.12. The maximum Gasteiger partial charge on any atom is 0.235 e. The highest BCUT2D eigenvalue weighted by atomic mass is 32.2. The number of hydrogen-bond acceptors (Lipinski definition) is 6. The Labute approximate surface area is 138 Å². The van der Waals surface area contributed by atoms with Gasteiger partial charge in [-0.2, -0.15) is 0 Å². The van der Waals surface area contributed by atoms with Crippen molar-refractivity contribution >= 4 is 23.6 Å². The summed E-state index contributed by atoms with van der Waals surface area (Å²) in [6.07, 6.45) is 1.68. The molecule has 0 aliphatic carbocycles. The van der Waals surface area contributed by atoms with Crippen LogP contribution in [0.5, 0.6) is 0 Å². The van der Waals surface area contributed by atoms with Crippen LogP contribution >= 0.6 is 11.8 Å². The summed E-state index contributed by atoms with van der Waals surface area (Å²) >= 11 is 1.28. The molecule has 2 rings (SSSR count). The summed E-state index contributed by atoms with van der Waals surface area (Å²) in [7, 11) is 3.40. The summed E-state index contributed by atoms with van der Waals surface area (Å²) in [6, 6.07) is 3.50. The van der Waals surface area contributed by atoms with E-state index in [4.69, 9.17) is 10.2 Å². The van der Waals surface area contributed by atoms with Crippen LogP contribution in [-0.4, -0.2) is 50.8 Å². The molecule has 0 spiro atoms. The average molecular weight is 337 g/mol. The van der Waals surface area contributed by atoms with Crippen molar-refractivity contribution < 1.29 is 14.0 Å². The van der Waals surface area contributed by atoms with Crippen molar-refractivity contribution in [3.05, 3.63) is 18.4 Å². The van der Waals surface area contributed by atoms with Crippen molar-refractivity contribution in [2.24, 2.45) is 5.73 Å². The maximum absolute atomic E-state index is 12.0. The van der Waals surface area contributed by atoms with E-state index in [1.54, 1.807) is 37.7 Å². The van der Waals surface area contributed by atoms with E-state index in [1.807, 2.05) is 0 Å². The van der Waals surface area contributed by atoms with E-state index in [2.05, 4.69) is 10.2 Å². The van der Waals surface area contributed by atoms with Gasteiger partial charge in [-0.25, -0.2) is 0 Å². The molecule has 2 N–H and O–H groups in total. The van der Waals surface area contributed by atoms with E-state index in [0.717, 1.165) is 0 Å². The van der Waals surface area contributed by atoms with Crippen molar-refractivity contribution in [2.45, 2.75) is 30.3 Å². The normalized spacial score (nSPS) is 12.1. The second kappa shape index (κ2) is 7.32. The van der Waals surface area contributed by atoms with Gasteiger partial charge in [-0.05, 0) is 19.1 Å². The summed E-state index contributed by atoms with van der Waals surface area (Å²) in [5.74, 6) is 0.597. The van der Waals surface area contributed by atoms with E-state index in [0.29, 0.717) is 23.3 Å². The summed E-state index contributed by atoms with van der Waals surface area (Å²) < 4.78 is 7.09. The number of primary amides is 1. The Kier molecular flexibility index (Phi) is 5.43. The van der Waals surface area contributed by atoms with Gasteiger partial charge in [0, 0.05) is 27.1 Å². The Morgan fingerprint density at radius 2 is 2.17 bits per heavy atom. The highest BCUT2D eigenvalue weighted by molar-refractivity contribution is 8.00. The molecule has 8 nitrogen and oxygen atoms in total. The minimum absolute atomic E-state index is 0.0287. The molecule has 23 heavy (non-hydrogen) atoms. The van der Waals surface area contributed by atoms with Gasteiger partial charge in [0.15, 0.2) is 16.7 Å². The van der Waals surface area contributed by atoms with Crippen molar-refractivity contribution in [1.29, 1.82) is 0 Å². The molecule has 2 heterocycles. The van der Waals surface area contributed by atoms with Crippen molar-refractivity contribution in [1.82, 2.24) is 19.7 Å².